The second-order valence-electron chi connectivity index (χ2n) is 4.84. The zero-order valence-corrected chi connectivity index (χ0v) is 12.3. The van der Waals surface area contributed by atoms with Crippen LogP contribution in [-0.2, 0) is 6.54 Å². The molecule has 1 heterocycles. The van der Waals surface area contributed by atoms with Gasteiger partial charge in [-0.15, -0.1) is 0 Å². The van der Waals surface area contributed by atoms with Crippen molar-refractivity contribution < 1.29 is 5.11 Å². The quantitative estimate of drug-likeness (QED) is 0.871. The molecule has 1 aromatic heterocycles. The van der Waals surface area contributed by atoms with Crippen LogP contribution in [0.1, 0.15) is 29.1 Å². The van der Waals surface area contributed by atoms with Crippen LogP contribution in [0.15, 0.2) is 35.1 Å². The topological polar surface area (TPSA) is 55.1 Å². The summed E-state index contributed by atoms with van der Waals surface area (Å²) >= 11 is 0. The first-order valence-corrected chi connectivity index (χ1v) is 6.84. The Bertz CT molecular complexity index is 734. The van der Waals surface area contributed by atoms with Crippen LogP contribution in [0.3, 0.4) is 0 Å². The van der Waals surface area contributed by atoms with E-state index < -0.39 is 0 Å². The largest absolute Gasteiger partial charge is 0.395 e. The Hall–Kier alpha value is -2.38. The van der Waals surface area contributed by atoms with E-state index in [9.17, 15) is 4.79 Å². The van der Waals surface area contributed by atoms with Crippen molar-refractivity contribution in [2.45, 2.75) is 26.8 Å². The number of aliphatic hydroxyl groups excluding tert-OH is 1. The van der Waals surface area contributed by atoms with Crippen molar-refractivity contribution in [3.8, 4) is 11.8 Å². The van der Waals surface area contributed by atoms with Crippen molar-refractivity contribution in [2.75, 3.05) is 6.61 Å². The second-order valence-corrected chi connectivity index (χ2v) is 4.84. The van der Waals surface area contributed by atoms with E-state index in [0.29, 0.717) is 18.8 Å². The summed E-state index contributed by atoms with van der Waals surface area (Å²) in [6.45, 7) is 4.23. The van der Waals surface area contributed by atoms with Gasteiger partial charge >= 0.3 is 0 Å². The molecule has 108 valence electrons. The fourth-order valence-corrected chi connectivity index (χ4v) is 2.05. The van der Waals surface area contributed by atoms with E-state index >= 15 is 0 Å². The molecule has 2 rings (SSSR count). The standard InChI is InChI=1S/C17H18N2O2/c1-13-11-17(21)19(14(2)18-13)12-16-8-6-15(7-9-16)5-3-4-10-20/h6-9,11,20H,4,10,12H2,1-2H3. The normalized spacial score (nSPS) is 10.0. The Morgan fingerprint density at radius 2 is 1.95 bits per heavy atom. The molecule has 0 bridgehead atoms. The van der Waals surface area contributed by atoms with Crippen molar-refractivity contribution in [3.05, 3.63) is 63.3 Å². The van der Waals surface area contributed by atoms with Gasteiger partial charge < -0.3 is 5.11 Å². The van der Waals surface area contributed by atoms with Gasteiger partial charge in [-0.2, -0.15) is 0 Å². The van der Waals surface area contributed by atoms with E-state index in [1.54, 1.807) is 10.6 Å². The van der Waals surface area contributed by atoms with Gasteiger partial charge in [-0.1, -0.05) is 24.0 Å². The van der Waals surface area contributed by atoms with Crippen LogP contribution in [0, 0.1) is 25.7 Å². The summed E-state index contributed by atoms with van der Waals surface area (Å²) in [4.78, 5) is 16.3. The lowest BCUT2D eigenvalue weighted by Gasteiger charge is -2.09. The zero-order valence-electron chi connectivity index (χ0n) is 12.3. The maximum absolute atomic E-state index is 12.0. The maximum atomic E-state index is 12.0. The van der Waals surface area contributed by atoms with Gasteiger partial charge in [-0.3, -0.25) is 9.36 Å². The highest BCUT2D eigenvalue weighted by atomic mass is 16.2. The van der Waals surface area contributed by atoms with Gasteiger partial charge in [0.1, 0.15) is 5.82 Å². The van der Waals surface area contributed by atoms with E-state index in [-0.39, 0.29) is 12.2 Å². The number of aliphatic hydroxyl groups is 1. The van der Waals surface area contributed by atoms with E-state index in [1.165, 1.54) is 0 Å². The van der Waals surface area contributed by atoms with Gasteiger partial charge in [0.25, 0.3) is 5.56 Å². The third kappa shape index (κ3) is 4.04. The number of hydrogen-bond acceptors (Lipinski definition) is 3. The minimum atomic E-state index is -0.0354. The van der Waals surface area contributed by atoms with Crippen LogP contribution in [0.2, 0.25) is 0 Å². The summed E-state index contributed by atoms with van der Waals surface area (Å²) in [5.74, 6) is 6.57. The molecule has 4 nitrogen and oxygen atoms in total. The molecule has 0 saturated heterocycles. The number of aryl methyl sites for hydroxylation is 2. The first-order valence-electron chi connectivity index (χ1n) is 6.84. The van der Waals surface area contributed by atoms with Crippen molar-refractivity contribution >= 4 is 0 Å². The minimum absolute atomic E-state index is 0.0354. The minimum Gasteiger partial charge on any atom is -0.395 e. The predicted molar refractivity (Wildman–Crippen MR) is 82.1 cm³/mol. The average Bonchev–Trinajstić information content (AvgIpc) is 2.44. The van der Waals surface area contributed by atoms with Crippen LogP contribution in [0.5, 0.6) is 0 Å². The molecule has 1 aromatic carbocycles. The highest BCUT2D eigenvalue weighted by molar-refractivity contribution is 5.36. The molecular weight excluding hydrogens is 264 g/mol. The third-order valence-electron chi connectivity index (χ3n) is 3.09. The highest BCUT2D eigenvalue weighted by Crippen LogP contribution is 2.06. The number of benzene rings is 1. The van der Waals surface area contributed by atoms with Gasteiger partial charge in [0.15, 0.2) is 0 Å². The predicted octanol–water partition coefficient (Wildman–Crippen LogP) is 1.64. The van der Waals surface area contributed by atoms with Gasteiger partial charge in [-0.25, -0.2) is 4.98 Å². The molecule has 0 aliphatic heterocycles. The molecule has 1 N–H and O–H groups in total. The molecule has 0 aliphatic rings. The molecule has 21 heavy (non-hydrogen) atoms. The monoisotopic (exact) mass is 282 g/mol. The number of aromatic nitrogens is 2. The third-order valence-corrected chi connectivity index (χ3v) is 3.09. The summed E-state index contributed by atoms with van der Waals surface area (Å²) in [5.41, 5.74) is 2.63. The smallest absolute Gasteiger partial charge is 0.254 e. The van der Waals surface area contributed by atoms with Crippen molar-refractivity contribution in [1.82, 2.24) is 9.55 Å². The van der Waals surface area contributed by atoms with E-state index in [1.807, 2.05) is 38.1 Å². The fourth-order valence-electron chi connectivity index (χ4n) is 2.05. The van der Waals surface area contributed by atoms with Crippen LogP contribution in [0.4, 0.5) is 0 Å². The molecular formula is C17H18N2O2. The van der Waals surface area contributed by atoms with Crippen molar-refractivity contribution in [2.24, 2.45) is 0 Å². The van der Waals surface area contributed by atoms with E-state index in [2.05, 4.69) is 16.8 Å². The zero-order chi connectivity index (χ0) is 15.2. The Balaban J connectivity index is 2.18. The molecule has 2 aromatic rings. The summed E-state index contributed by atoms with van der Waals surface area (Å²) in [6.07, 6.45) is 0.478. The van der Waals surface area contributed by atoms with Crippen molar-refractivity contribution in [3.63, 3.8) is 0 Å². The molecule has 0 fully saturated rings. The first-order chi connectivity index (χ1) is 10.1. The van der Waals surface area contributed by atoms with E-state index in [4.69, 9.17) is 5.11 Å². The van der Waals surface area contributed by atoms with Crippen LogP contribution in [0.25, 0.3) is 0 Å². The van der Waals surface area contributed by atoms with Crippen LogP contribution < -0.4 is 5.56 Å². The van der Waals surface area contributed by atoms with Gasteiger partial charge in [0.2, 0.25) is 0 Å². The molecule has 0 amide bonds. The van der Waals surface area contributed by atoms with Crippen molar-refractivity contribution in [1.29, 1.82) is 0 Å². The van der Waals surface area contributed by atoms with Gasteiger partial charge in [0.05, 0.1) is 13.2 Å². The van der Waals surface area contributed by atoms with Crippen LogP contribution in [-0.4, -0.2) is 21.3 Å². The Kier molecular flexibility index (Phi) is 4.91. The SMILES string of the molecule is Cc1cc(=O)n(Cc2ccc(C#CCCO)cc2)c(C)n1. The van der Waals surface area contributed by atoms with Gasteiger partial charge in [-0.05, 0) is 31.5 Å². The highest BCUT2D eigenvalue weighted by Gasteiger charge is 2.03. The second kappa shape index (κ2) is 6.87. The maximum Gasteiger partial charge on any atom is 0.254 e. The molecule has 0 spiro atoms. The lowest BCUT2D eigenvalue weighted by Crippen LogP contribution is -2.24. The number of hydrogen-bond donors (Lipinski definition) is 1. The fraction of sp³-hybridized carbons (Fsp3) is 0.294. The molecule has 4 heteroatoms. The summed E-state index contributed by atoms with van der Waals surface area (Å²) in [5, 5.41) is 8.68. The van der Waals surface area contributed by atoms with Gasteiger partial charge in [0, 0.05) is 23.7 Å². The summed E-state index contributed by atoms with van der Waals surface area (Å²) in [6, 6.07) is 9.29. The van der Waals surface area contributed by atoms with Crippen LogP contribution >= 0.6 is 0 Å². The average molecular weight is 282 g/mol. The first kappa shape index (κ1) is 15.0. The molecule has 0 radical (unpaired) electrons. The Labute approximate surface area is 124 Å². The molecule has 0 unspecified atom stereocenters. The Morgan fingerprint density at radius 3 is 2.57 bits per heavy atom. The Morgan fingerprint density at radius 1 is 1.24 bits per heavy atom. The summed E-state index contributed by atoms with van der Waals surface area (Å²) in [7, 11) is 0. The number of rotatable bonds is 3. The van der Waals surface area contributed by atoms with E-state index in [0.717, 1.165) is 16.8 Å². The lowest BCUT2D eigenvalue weighted by molar-refractivity contribution is 0.305. The molecule has 0 atom stereocenters. The summed E-state index contributed by atoms with van der Waals surface area (Å²) < 4.78 is 1.65. The molecule has 0 saturated carbocycles. The number of nitrogens with zero attached hydrogens (tertiary/aromatic N) is 2. The molecule has 0 aliphatic carbocycles. The lowest BCUT2D eigenvalue weighted by atomic mass is 10.1.